The van der Waals surface area contributed by atoms with E-state index in [1.807, 2.05) is 0 Å². The molecule has 1 aliphatic rings. The lowest BCUT2D eigenvalue weighted by Gasteiger charge is -2.22. The van der Waals surface area contributed by atoms with Crippen molar-refractivity contribution in [2.75, 3.05) is 7.05 Å². The number of carbonyl (C=O) groups excluding carboxylic acids is 2. The number of ketones is 2. The Morgan fingerprint density at radius 2 is 1.62 bits per heavy atom. The molecular formula is C15H17NO4S. The Morgan fingerprint density at radius 3 is 2.10 bits per heavy atom. The van der Waals surface area contributed by atoms with Crippen molar-refractivity contribution in [2.24, 2.45) is 0 Å². The first kappa shape index (κ1) is 15.4. The van der Waals surface area contributed by atoms with E-state index in [2.05, 4.69) is 5.32 Å². The van der Waals surface area contributed by atoms with E-state index in [9.17, 15) is 18.0 Å². The minimum atomic E-state index is -3.85. The highest BCUT2D eigenvalue weighted by Gasteiger charge is 2.40. The molecule has 0 amide bonds. The summed E-state index contributed by atoms with van der Waals surface area (Å²) in [6.45, 7) is 3.26. The number of Topliss-reactive ketones (excluding diaryl/α,β-unsaturated/α-hetero) is 2. The molecule has 1 N–H and O–H groups in total. The third-order valence-electron chi connectivity index (χ3n) is 3.72. The molecule has 0 saturated carbocycles. The van der Waals surface area contributed by atoms with Crippen molar-refractivity contribution in [1.29, 1.82) is 0 Å². The molecule has 0 aliphatic heterocycles. The van der Waals surface area contributed by atoms with E-state index in [0.29, 0.717) is 6.42 Å². The van der Waals surface area contributed by atoms with Gasteiger partial charge in [0, 0.05) is 18.2 Å². The predicted octanol–water partition coefficient (Wildman–Crippen LogP) is 1.71. The third kappa shape index (κ3) is 2.29. The summed E-state index contributed by atoms with van der Waals surface area (Å²) in [5.41, 5.74) is 0.234. The fourth-order valence-electron chi connectivity index (χ4n) is 2.27. The van der Waals surface area contributed by atoms with E-state index >= 15 is 0 Å². The van der Waals surface area contributed by atoms with E-state index in [0.717, 1.165) is 0 Å². The number of likely N-dealkylation sites (N-methyl/N-ethyl adjacent to an activating group) is 1. The molecule has 1 atom stereocenters. The first-order chi connectivity index (χ1) is 9.86. The largest absolute Gasteiger partial charge is 0.384 e. The van der Waals surface area contributed by atoms with E-state index in [1.54, 1.807) is 19.1 Å². The zero-order chi connectivity index (χ0) is 15.8. The van der Waals surface area contributed by atoms with Gasteiger partial charge in [0.25, 0.3) is 0 Å². The molecule has 2 rings (SSSR count). The maximum absolute atomic E-state index is 12.6. The number of sulfone groups is 1. The lowest BCUT2D eigenvalue weighted by Crippen LogP contribution is -2.34. The Morgan fingerprint density at radius 1 is 1.10 bits per heavy atom. The van der Waals surface area contributed by atoms with Crippen molar-refractivity contribution >= 4 is 21.4 Å². The average Bonchev–Trinajstić information content (AvgIpc) is 2.49. The number of allylic oxidation sites excluding steroid dienone is 2. The van der Waals surface area contributed by atoms with Gasteiger partial charge in [-0.25, -0.2) is 8.42 Å². The second-order valence-corrected chi connectivity index (χ2v) is 7.22. The fraction of sp³-hybridized carbons (Fsp3) is 0.333. The lowest BCUT2D eigenvalue weighted by molar-refractivity contribution is 0.0975. The molecule has 6 heteroatoms. The van der Waals surface area contributed by atoms with Crippen LogP contribution in [0.5, 0.6) is 0 Å². The first-order valence-electron chi connectivity index (χ1n) is 6.70. The summed E-state index contributed by atoms with van der Waals surface area (Å²) in [5, 5.41) is 1.87. The van der Waals surface area contributed by atoms with Crippen LogP contribution in [0.25, 0.3) is 0 Å². The quantitative estimate of drug-likeness (QED) is 0.916. The van der Waals surface area contributed by atoms with Crippen molar-refractivity contribution < 1.29 is 18.0 Å². The van der Waals surface area contributed by atoms with Gasteiger partial charge in [-0.15, -0.1) is 0 Å². The SMILES string of the molecule is CCC(C)S(=O)(=O)C1=C(NC)C(=O)c2ccccc2C1=O. The van der Waals surface area contributed by atoms with Crippen molar-refractivity contribution in [2.45, 2.75) is 25.5 Å². The molecule has 0 radical (unpaired) electrons. The molecule has 21 heavy (non-hydrogen) atoms. The van der Waals surface area contributed by atoms with Gasteiger partial charge in [0.1, 0.15) is 10.6 Å². The van der Waals surface area contributed by atoms with Gasteiger partial charge < -0.3 is 5.32 Å². The maximum Gasteiger partial charge on any atom is 0.211 e. The Hall–Kier alpha value is -1.95. The summed E-state index contributed by atoms with van der Waals surface area (Å²) in [4.78, 5) is 24.6. The molecule has 5 nitrogen and oxygen atoms in total. The summed E-state index contributed by atoms with van der Waals surface area (Å²) in [6, 6.07) is 6.26. The topological polar surface area (TPSA) is 80.3 Å². The summed E-state index contributed by atoms with van der Waals surface area (Å²) in [7, 11) is -2.41. The first-order valence-corrected chi connectivity index (χ1v) is 8.25. The number of benzene rings is 1. The zero-order valence-electron chi connectivity index (χ0n) is 12.1. The number of fused-ring (bicyclic) bond motifs is 1. The lowest BCUT2D eigenvalue weighted by atomic mass is 9.92. The molecular weight excluding hydrogens is 290 g/mol. The Kier molecular flexibility index (Phi) is 4.00. The normalized spacial score (nSPS) is 16.7. The van der Waals surface area contributed by atoms with Gasteiger partial charge in [-0.05, 0) is 13.3 Å². The van der Waals surface area contributed by atoms with Crippen LogP contribution in [-0.4, -0.2) is 32.3 Å². The Bertz CT molecular complexity index is 747. The summed E-state index contributed by atoms with van der Waals surface area (Å²) in [5.74, 6) is -1.08. The molecule has 0 aromatic heterocycles. The number of carbonyl (C=O) groups is 2. The highest BCUT2D eigenvalue weighted by atomic mass is 32.2. The van der Waals surface area contributed by atoms with E-state index in [4.69, 9.17) is 0 Å². The highest BCUT2D eigenvalue weighted by molar-refractivity contribution is 7.96. The van der Waals surface area contributed by atoms with Gasteiger partial charge >= 0.3 is 0 Å². The van der Waals surface area contributed by atoms with Crippen LogP contribution in [0.2, 0.25) is 0 Å². The van der Waals surface area contributed by atoms with Gasteiger partial charge in [-0.3, -0.25) is 9.59 Å². The molecule has 1 unspecified atom stereocenters. The number of rotatable bonds is 4. The molecule has 0 saturated heterocycles. The molecule has 1 aliphatic carbocycles. The third-order valence-corrected chi connectivity index (χ3v) is 6.07. The van der Waals surface area contributed by atoms with Crippen molar-refractivity contribution in [1.82, 2.24) is 5.32 Å². The van der Waals surface area contributed by atoms with Gasteiger partial charge in [-0.1, -0.05) is 31.2 Å². The Balaban J connectivity index is 2.75. The van der Waals surface area contributed by atoms with Crippen LogP contribution in [0.1, 0.15) is 41.0 Å². The number of hydrogen-bond acceptors (Lipinski definition) is 5. The second kappa shape index (κ2) is 5.44. The van der Waals surface area contributed by atoms with E-state index < -0.39 is 31.6 Å². The number of hydrogen-bond donors (Lipinski definition) is 1. The fourth-order valence-corrected chi connectivity index (χ4v) is 3.96. The summed E-state index contributed by atoms with van der Waals surface area (Å²) < 4.78 is 25.2. The molecule has 112 valence electrons. The Labute approximate surface area is 124 Å². The maximum atomic E-state index is 12.6. The van der Waals surface area contributed by atoms with E-state index in [1.165, 1.54) is 26.1 Å². The zero-order valence-corrected chi connectivity index (χ0v) is 13.0. The van der Waals surface area contributed by atoms with Crippen LogP contribution < -0.4 is 5.32 Å². The van der Waals surface area contributed by atoms with Crippen LogP contribution in [0, 0.1) is 0 Å². The molecule has 0 bridgehead atoms. The van der Waals surface area contributed by atoms with Gasteiger partial charge in [0.15, 0.2) is 9.84 Å². The van der Waals surface area contributed by atoms with Gasteiger partial charge in [-0.2, -0.15) is 0 Å². The summed E-state index contributed by atoms with van der Waals surface area (Å²) in [6.07, 6.45) is 0.367. The smallest absolute Gasteiger partial charge is 0.211 e. The van der Waals surface area contributed by atoms with Gasteiger partial charge in [0.2, 0.25) is 11.6 Å². The van der Waals surface area contributed by atoms with Crippen LogP contribution in [0.15, 0.2) is 34.9 Å². The molecule has 0 fully saturated rings. The van der Waals surface area contributed by atoms with Crippen molar-refractivity contribution in [3.63, 3.8) is 0 Å². The predicted molar refractivity (Wildman–Crippen MR) is 79.9 cm³/mol. The molecule has 0 spiro atoms. The van der Waals surface area contributed by atoms with Crippen LogP contribution in [0.4, 0.5) is 0 Å². The van der Waals surface area contributed by atoms with Crippen LogP contribution in [-0.2, 0) is 9.84 Å². The highest BCUT2D eigenvalue weighted by Crippen LogP contribution is 2.30. The molecule has 1 aromatic rings. The van der Waals surface area contributed by atoms with Crippen molar-refractivity contribution in [3.05, 3.63) is 46.0 Å². The summed E-state index contributed by atoms with van der Waals surface area (Å²) >= 11 is 0. The van der Waals surface area contributed by atoms with Crippen molar-refractivity contribution in [3.8, 4) is 0 Å². The molecule has 0 heterocycles. The van der Waals surface area contributed by atoms with Gasteiger partial charge in [0.05, 0.1) is 5.25 Å². The minimum Gasteiger partial charge on any atom is -0.384 e. The van der Waals surface area contributed by atoms with E-state index in [-0.39, 0.29) is 16.8 Å². The monoisotopic (exact) mass is 307 g/mol. The second-order valence-electron chi connectivity index (χ2n) is 4.92. The van der Waals surface area contributed by atoms with Crippen LogP contribution >= 0.6 is 0 Å². The molecule has 1 aromatic carbocycles. The minimum absolute atomic E-state index is 0.140. The number of nitrogens with one attached hydrogen (secondary N) is 1. The standard InChI is InChI=1S/C15H17NO4S/c1-4-9(2)21(19,20)15-12(16-3)13(17)10-7-5-6-8-11(10)14(15)18/h5-9,16H,4H2,1-3H3. The average molecular weight is 307 g/mol. The van der Waals surface area contributed by atoms with Crippen LogP contribution in [0.3, 0.4) is 0 Å².